The Morgan fingerprint density at radius 1 is 1.23 bits per heavy atom. The summed E-state index contributed by atoms with van der Waals surface area (Å²) in [6, 6.07) is 9.19. The maximum Gasteiger partial charge on any atom is 0.241 e. The quantitative estimate of drug-likeness (QED) is 0.528. The van der Waals surface area contributed by atoms with Gasteiger partial charge in [0.05, 0.1) is 31.7 Å². The average molecular weight is 484 g/mol. The molecule has 1 aromatic carbocycles. The second kappa shape index (κ2) is 11.0. The van der Waals surface area contributed by atoms with Crippen LogP contribution in [-0.2, 0) is 31.1 Å². The molecule has 0 radical (unpaired) electrons. The van der Waals surface area contributed by atoms with Crippen molar-refractivity contribution < 1.29 is 28.4 Å². The molecular formula is C26H32FN4O4+. The van der Waals surface area contributed by atoms with E-state index in [0.717, 1.165) is 44.2 Å². The summed E-state index contributed by atoms with van der Waals surface area (Å²) in [5.41, 5.74) is -0.371. The maximum atomic E-state index is 14.2. The van der Waals surface area contributed by atoms with Gasteiger partial charge in [0.25, 0.3) is 0 Å². The van der Waals surface area contributed by atoms with Crippen LogP contribution in [0.1, 0.15) is 30.4 Å². The molecular weight excluding hydrogens is 451 g/mol. The van der Waals surface area contributed by atoms with Crippen molar-refractivity contribution in [2.24, 2.45) is 0 Å². The Kier molecular flexibility index (Phi) is 7.87. The molecule has 1 atom stereocenters. The number of hydrogen-bond acceptors (Lipinski definition) is 5. The molecule has 3 heterocycles. The second-order valence-electron chi connectivity index (χ2n) is 9.37. The Hall–Kier alpha value is -3.17. The van der Waals surface area contributed by atoms with Crippen molar-refractivity contribution >= 4 is 17.7 Å². The van der Waals surface area contributed by atoms with Crippen LogP contribution in [0, 0.1) is 5.82 Å². The summed E-state index contributed by atoms with van der Waals surface area (Å²) in [6.45, 7) is 4.98. The number of morpholine rings is 1. The fourth-order valence-corrected chi connectivity index (χ4v) is 4.88. The van der Waals surface area contributed by atoms with Gasteiger partial charge in [-0.15, -0.1) is 0 Å². The highest BCUT2D eigenvalue weighted by atomic mass is 19.1. The summed E-state index contributed by atoms with van der Waals surface area (Å²) in [7, 11) is 1.71. The molecule has 0 unspecified atom stereocenters. The van der Waals surface area contributed by atoms with Crippen molar-refractivity contribution in [3.8, 4) is 0 Å². The van der Waals surface area contributed by atoms with E-state index in [2.05, 4.69) is 4.98 Å². The lowest BCUT2D eigenvalue weighted by Gasteiger charge is -2.29. The number of ether oxygens (including phenoxy) is 1. The lowest BCUT2D eigenvalue weighted by atomic mass is 9.75. The van der Waals surface area contributed by atoms with E-state index in [1.54, 1.807) is 42.5 Å². The molecule has 4 rings (SSSR count). The molecule has 2 aliphatic heterocycles. The van der Waals surface area contributed by atoms with Gasteiger partial charge < -0.3 is 14.5 Å². The summed E-state index contributed by atoms with van der Waals surface area (Å²) in [5.74, 6) is -1.61. The summed E-state index contributed by atoms with van der Waals surface area (Å²) in [6.07, 6.45) is 3.67. The Balaban J connectivity index is 1.50. The number of carbonyl (C=O) groups excluding carboxylic acids is 3. The number of amides is 3. The zero-order valence-electron chi connectivity index (χ0n) is 20.0. The van der Waals surface area contributed by atoms with Gasteiger partial charge in [-0.3, -0.25) is 24.3 Å². The van der Waals surface area contributed by atoms with Crippen LogP contribution in [-0.4, -0.2) is 78.9 Å². The van der Waals surface area contributed by atoms with E-state index in [-0.39, 0.29) is 31.2 Å². The molecule has 1 aromatic heterocycles. The zero-order chi connectivity index (χ0) is 24.8. The Bertz CT molecular complexity index is 1060. The molecule has 9 heteroatoms. The number of nitrogens with zero attached hydrogens (tertiary/aromatic N) is 3. The number of halogens is 1. The summed E-state index contributed by atoms with van der Waals surface area (Å²) in [4.78, 5) is 48.3. The molecule has 0 saturated carbocycles. The van der Waals surface area contributed by atoms with Gasteiger partial charge in [-0.1, -0.05) is 18.2 Å². The highest BCUT2D eigenvalue weighted by Crippen LogP contribution is 2.41. The van der Waals surface area contributed by atoms with Crippen molar-refractivity contribution in [2.75, 3.05) is 46.4 Å². The monoisotopic (exact) mass is 483 g/mol. The van der Waals surface area contributed by atoms with Gasteiger partial charge in [-0.25, -0.2) is 4.39 Å². The van der Waals surface area contributed by atoms with Gasteiger partial charge in [-0.2, -0.15) is 0 Å². The van der Waals surface area contributed by atoms with Gasteiger partial charge in [0.2, 0.25) is 17.7 Å². The highest BCUT2D eigenvalue weighted by molar-refractivity contribution is 6.10. The number of benzene rings is 1. The third-order valence-corrected chi connectivity index (χ3v) is 6.95. The van der Waals surface area contributed by atoms with Crippen LogP contribution in [0.2, 0.25) is 0 Å². The van der Waals surface area contributed by atoms with Crippen molar-refractivity contribution in [1.29, 1.82) is 0 Å². The predicted octanol–water partition coefficient (Wildman–Crippen LogP) is 0.571. The number of carbonyl (C=O) groups is 3. The Labute approximate surface area is 204 Å². The van der Waals surface area contributed by atoms with Crippen molar-refractivity contribution in [3.63, 3.8) is 0 Å². The molecule has 0 spiro atoms. The van der Waals surface area contributed by atoms with Crippen LogP contribution in [0.3, 0.4) is 0 Å². The summed E-state index contributed by atoms with van der Waals surface area (Å²) >= 11 is 0. The number of hydrogen-bond donors (Lipinski definition) is 1. The number of aromatic nitrogens is 1. The molecule has 2 saturated heterocycles. The van der Waals surface area contributed by atoms with E-state index in [4.69, 9.17) is 4.74 Å². The standard InChI is InChI=1S/C26H31FN4O4/c1-29(9-4-10-30-11-13-35-14-12-30)23(32)16-26(21-6-2-7-22(27)15-21)17-24(33)31(25(26)34)19-20-5-3-8-28-18-20/h2-3,5-8,15,18H,4,9-14,16-17,19H2,1H3/p+1/t26-/m1/s1. The van der Waals surface area contributed by atoms with Crippen LogP contribution in [0.25, 0.3) is 0 Å². The smallest absolute Gasteiger partial charge is 0.241 e. The third kappa shape index (κ3) is 5.74. The number of rotatable bonds is 9. The second-order valence-corrected chi connectivity index (χ2v) is 9.37. The molecule has 8 nitrogen and oxygen atoms in total. The predicted molar refractivity (Wildman–Crippen MR) is 126 cm³/mol. The van der Waals surface area contributed by atoms with E-state index in [9.17, 15) is 18.8 Å². The Morgan fingerprint density at radius 2 is 2.03 bits per heavy atom. The topological polar surface area (TPSA) is 84.2 Å². The molecule has 35 heavy (non-hydrogen) atoms. The van der Waals surface area contributed by atoms with Gasteiger partial charge >= 0.3 is 0 Å². The average Bonchev–Trinajstić information content (AvgIpc) is 3.10. The number of quaternary nitrogens is 1. The number of pyridine rings is 1. The van der Waals surface area contributed by atoms with Crippen molar-refractivity contribution in [3.05, 3.63) is 65.7 Å². The minimum absolute atomic E-state index is 0.0644. The van der Waals surface area contributed by atoms with E-state index in [1.807, 2.05) is 0 Å². The van der Waals surface area contributed by atoms with Gasteiger partial charge in [0.1, 0.15) is 18.9 Å². The fraction of sp³-hybridized carbons (Fsp3) is 0.462. The molecule has 0 aliphatic carbocycles. The summed E-state index contributed by atoms with van der Waals surface area (Å²) < 4.78 is 19.6. The number of imide groups is 1. The van der Waals surface area contributed by atoms with E-state index < -0.39 is 17.1 Å². The lowest BCUT2D eigenvalue weighted by Crippen LogP contribution is -3.14. The minimum Gasteiger partial charge on any atom is -0.370 e. The third-order valence-electron chi connectivity index (χ3n) is 6.95. The molecule has 2 aromatic rings. The summed E-state index contributed by atoms with van der Waals surface area (Å²) in [5, 5.41) is 0. The normalized spacial score (nSPS) is 20.9. The molecule has 186 valence electrons. The maximum absolute atomic E-state index is 14.2. The molecule has 0 bridgehead atoms. The van der Waals surface area contributed by atoms with Crippen LogP contribution >= 0.6 is 0 Å². The van der Waals surface area contributed by atoms with Crippen LogP contribution < -0.4 is 4.90 Å². The lowest BCUT2D eigenvalue weighted by molar-refractivity contribution is -0.908. The van der Waals surface area contributed by atoms with Crippen LogP contribution in [0.4, 0.5) is 4.39 Å². The first kappa shape index (κ1) is 24.9. The van der Waals surface area contributed by atoms with E-state index >= 15 is 0 Å². The zero-order valence-corrected chi connectivity index (χ0v) is 20.0. The molecule has 2 aliphatic rings. The Morgan fingerprint density at radius 3 is 2.74 bits per heavy atom. The van der Waals surface area contributed by atoms with Crippen molar-refractivity contribution in [1.82, 2.24) is 14.8 Å². The first-order valence-electron chi connectivity index (χ1n) is 12.0. The van der Waals surface area contributed by atoms with Gasteiger partial charge in [0, 0.05) is 45.2 Å². The fourth-order valence-electron chi connectivity index (χ4n) is 4.88. The first-order chi connectivity index (χ1) is 16.9. The first-order valence-corrected chi connectivity index (χ1v) is 12.0. The number of likely N-dealkylation sites (tertiary alicyclic amines) is 1. The largest absolute Gasteiger partial charge is 0.370 e. The minimum atomic E-state index is -1.43. The van der Waals surface area contributed by atoms with Gasteiger partial charge in [-0.05, 0) is 29.3 Å². The van der Waals surface area contributed by atoms with E-state index in [0.29, 0.717) is 17.7 Å². The molecule has 3 amide bonds. The van der Waals surface area contributed by atoms with Gasteiger partial charge in [0.15, 0.2) is 0 Å². The SMILES string of the molecule is CN(CCC[NH+]1CCOCC1)C(=O)C[C@]1(c2cccc(F)c2)CC(=O)N(Cc2cccnc2)C1=O. The molecule has 2 fully saturated rings. The van der Waals surface area contributed by atoms with Crippen LogP contribution in [0.15, 0.2) is 48.8 Å². The molecule has 1 N–H and O–H groups in total. The number of nitrogens with one attached hydrogen (secondary N) is 1. The van der Waals surface area contributed by atoms with E-state index in [1.165, 1.54) is 23.1 Å². The van der Waals surface area contributed by atoms with Crippen molar-refractivity contribution in [2.45, 2.75) is 31.2 Å². The van der Waals surface area contributed by atoms with Crippen LogP contribution in [0.5, 0.6) is 0 Å². The highest BCUT2D eigenvalue weighted by Gasteiger charge is 2.54.